The Balaban J connectivity index is 1.95. The lowest BCUT2D eigenvalue weighted by molar-refractivity contribution is 0.196. The molecule has 0 aliphatic carbocycles. The van der Waals surface area contributed by atoms with Crippen LogP contribution in [0, 0.1) is 5.92 Å². The van der Waals surface area contributed by atoms with Crippen LogP contribution in [0.5, 0.6) is 11.5 Å². The molecule has 1 aliphatic rings. The third-order valence-corrected chi connectivity index (χ3v) is 4.12. The summed E-state index contributed by atoms with van der Waals surface area (Å²) in [7, 11) is 1.63. The normalized spacial score (nSPS) is 22.5. The lowest BCUT2D eigenvalue weighted by Crippen LogP contribution is -2.33. The van der Waals surface area contributed by atoms with Gasteiger partial charge < -0.3 is 19.9 Å². The number of hydrogen-bond acceptors (Lipinski definition) is 6. The van der Waals surface area contributed by atoms with Crippen molar-refractivity contribution in [3.05, 3.63) is 23.8 Å². The molecular formula is C16H27N3O3. The Morgan fingerprint density at radius 3 is 2.86 bits per heavy atom. The van der Waals surface area contributed by atoms with E-state index in [4.69, 9.17) is 14.6 Å². The van der Waals surface area contributed by atoms with Gasteiger partial charge in [-0.2, -0.15) is 0 Å². The second-order valence-electron chi connectivity index (χ2n) is 5.69. The second-order valence-corrected chi connectivity index (χ2v) is 5.69. The van der Waals surface area contributed by atoms with E-state index >= 15 is 0 Å². The highest BCUT2D eigenvalue weighted by atomic mass is 16.5. The van der Waals surface area contributed by atoms with Crippen molar-refractivity contribution in [2.45, 2.75) is 25.9 Å². The van der Waals surface area contributed by atoms with Gasteiger partial charge in [-0.1, -0.05) is 6.07 Å². The summed E-state index contributed by atoms with van der Waals surface area (Å²) in [5, 5.41) is 12.4. The lowest BCUT2D eigenvalue weighted by atomic mass is 10.0. The second kappa shape index (κ2) is 8.33. The molecule has 1 aliphatic heterocycles. The molecule has 1 fully saturated rings. The molecular weight excluding hydrogens is 282 g/mol. The van der Waals surface area contributed by atoms with Crippen molar-refractivity contribution in [3.8, 4) is 11.5 Å². The monoisotopic (exact) mass is 309 g/mol. The van der Waals surface area contributed by atoms with E-state index in [0.29, 0.717) is 23.5 Å². The highest BCUT2D eigenvalue weighted by Crippen LogP contribution is 2.30. The van der Waals surface area contributed by atoms with Gasteiger partial charge in [0.25, 0.3) is 0 Å². The predicted molar refractivity (Wildman–Crippen MR) is 86.1 cm³/mol. The fraction of sp³-hybridized carbons (Fsp3) is 0.625. The number of hydrogen-bond donors (Lipinski definition) is 4. The first-order chi connectivity index (χ1) is 10.7. The van der Waals surface area contributed by atoms with E-state index in [0.717, 1.165) is 18.7 Å². The highest BCUT2D eigenvalue weighted by Gasteiger charge is 2.23. The smallest absolute Gasteiger partial charge is 0.161 e. The minimum Gasteiger partial charge on any atom is -0.493 e. The number of nitrogens with one attached hydrogen (secondary N) is 3. The van der Waals surface area contributed by atoms with Crippen LogP contribution in [0.4, 0.5) is 0 Å². The number of hydrazine groups is 1. The predicted octanol–water partition coefficient (Wildman–Crippen LogP) is 0.829. The molecule has 4 N–H and O–H groups in total. The van der Waals surface area contributed by atoms with Crippen LogP contribution in [-0.2, 0) is 0 Å². The molecule has 1 heterocycles. The molecule has 1 saturated heterocycles. The van der Waals surface area contributed by atoms with Gasteiger partial charge >= 0.3 is 0 Å². The maximum Gasteiger partial charge on any atom is 0.161 e. The van der Waals surface area contributed by atoms with E-state index in [1.54, 1.807) is 7.11 Å². The molecule has 22 heavy (non-hydrogen) atoms. The quantitative estimate of drug-likeness (QED) is 0.570. The number of methoxy groups -OCH3 is 1. The van der Waals surface area contributed by atoms with Gasteiger partial charge in [0, 0.05) is 31.1 Å². The fourth-order valence-electron chi connectivity index (χ4n) is 2.57. The summed E-state index contributed by atoms with van der Waals surface area (Å²) < 4.78 is 10.8. The summed E-state index contributed by atoms with van der Waals surface area (Å²) in [5.41, 5.74) is 7.57. The van der Waals surface area contributed by atoms with Gasteiger partial charge in [0.15, 0.2) is 11.5 Å². The van der Waals surface area contributed by atoms with Crippen LogP contribution in [0.2, 0.25) is 0 Å². The molecule has 2 rings (SSSR count). The van der Waals surface area contributed by atoms with Crippen molar-refractivity contribution in [1.82, 2.24) is 16.2 Å². The van der Waals surface area contributed by atoms with Crippen molar-refractivity contribution in [1.29, 1.82) is 0 Å². The van der Waals surface area contributed by atoms with E-state index in [1.807, 2.05) is 18.2 Å². The van der Waals surface area contributed by atoms with E-state index in [9.17, 15) is 0 Å². The standard InChI is InChI=1S/C16H27N3O3/c1-11(17-9-14-10-18-19-12(14)2)13-4-5-15(22-7-6-20)16(8-13)21-3/h4-5,8,11-12,14,17-20H,6-7,9-10H2,1-3H3. The van der Waals surface area contributed by atoms with Gasteiger partial charge in [0.05, 0.1) is 13.7 Å². The lowest BCUT2D eigenvalue weighted by Gasteiger charge is -2.20. The molecule has 3 atom stereocenters. The zero-order chi connectivity index (χ0) is 15.9. The summed E-state index contributed by atoms with van der Waals surface area (Å²) in [5.74, 6) is 1.93. The van der Waals surface area contributed by atoms with Crippen LogP contribution in [0.1, 0.15) is 25.5 Å². The number of ether oxygens (including phenoxy) is 2. The van der Waals surface area contributed by atoms with E-state index < -0.39 is 0 Å². The molecule has 1 aromatic rings. The van der Waals surface area contributed by atoms with Gasteiger partial charge in [0.1, 0.15) is 6.61 Å². The zero-order valence-corrected chi connectivity index (χ0v) is 13.6. The van der Waals surface area contributed by atoms with E-state index in [2.05, 4.69) is 30.0 Å². The van der Waals surface area contributed by atoms with Crippen LogP contribution in [0.3, 0.4) is 0 Å². The summed E-state index contributed by atoms with van der Waals surface area (Å²) in [6.07, 6.45) is 0. The average Bonchev–Trinajstić information content (AvgIpc) is 2.95. The zero-order valence-electron chi connectivity index (χ0n) is 13.6. The summed E-state index contributed by atoms with van der Waals surface area (Å²) in [6, 6.07) is 6.61. The maximum atomic E-state index is 8.84. The number of aliphatic hydroxyl groups is 1. The van der Waals surface area contributed by atoms with Crippen LogP contribution < -0.4 is 25.6 Å². The summed E-state index contributed by atoms with van der Waals surface area (Å²) in [6.45, 7) is 6.52. The molecule has 0 aromatic heterocycles. The van der Waals surface area contributed by atoms with Gasteiger partial charge in [-0.05, 0) is 31.5 Å². The average molecular weight is 309 g/mol. The third kappa shape index (κ3) is 4.33. The first-order valence-electron chi connectivity index (χ1n) is 7.79. The topological polar surface area (TPSA) is 74.8 Å². The molecule has 6 nitrogen and oxygen atoms in total. The number of aliphatic hydroxyl groups excluding tert-OH is 1. The molecule has 0 amide bonds. The summed E-state index contributed by atoms with van der Waals surface area (Å²) >= 11 is 0. The molecule has 1 aromatic carbocycles. The molecule has 0 saturated carbocycles. The minimum atomic E-state index is -0.00942. The largest absolute Gasteiger partial charge is 0.493 e. The first kappa shape index (κ1) is 17.0. The fourth-order valence-corrected chi connectivity index (χ4v) is 2.57. The van der Waals surface area contributed by atoms with Crippen molar-refractivity contribution in [2.75, 3.05) is 33.4 Å². The maximum absolute atomic E-state index is 8.84. The van der Waals surface area contributed by atoms with Crippen molar-refractivity contribution in [3.63, 3.8) is 0 Å². The molecule has 124 valence electrons. The molecule has 0 radical (unpaired) electrons. The van der Waals surface area contributed by atoms with E-state index in [-0.39, 0.29) is 19.3 Å². The third-order valence-electron chi connectivity index (χ3n) is 4.12. The van der Waals surface area contributed by atoms with Crippen LogP contribution in [0.15, 0.2) is 18.2 Å². The van der Waals surface area contributed by atoms with Gasteiger partial charge in [-0.25, -0.2) is 0 Å². The Kier molecular flexibility index (Phi) is 6.45. The SMILES string of the molecule is COc1cc(C(C)NCC2CNNC2C)ccc1OCCO. The Hall–Kier alpha value is -1.34. The van der Waals surface area contributed by atoms with Gasteiger partial charge in [-0.15, -0.1) is 0 Å². The Morgan fingerprint density at radius 1 is 1.41 bits per heavy atom. The van der Waals surface area contributed by atoms with Crippen molar-refractivity contribution in [2.24, 2.45) is 5.92 Å². The molecule has 0 bridgehead atoms. The van der Waals surface area contributed by atoms with Gasteiger partial charge in [-0.3, -0.25) is 10.9 Å². The Bertz CT molecular complexity index is 470. The molecule has 3 unspecified atom stereocenters. The van der Waals surface area contributed by atoms with Crippen molar-refractivity contribution < 1.29 is 14.6 Å². The van der Waals surface area contributed by atoms with E-state index in [1.165, 1.54) is 0 Å². The minimum absolute atomic E-state index is 0.00942. The summed E-state index contributed by atoms with van der Waals surface area (Å²) in [4.78, 5) is 0. The van der Waals surface area contributed by atoms with Crippen LogP contribution in [0.25, 0.3) is 0 Å². The van der Waals surface area contributed by atoms with Crippen LogP contribution in [-0.4, -0.2) is 44.6 Å². The van der Waals surface area contributed by atoms with Gasteiger partial charge in [0.2, 0.25) is 0 Å². The number of rotatable bonds is 8. The first-order valence-corrected chi connectivity index (χ1v) is 7.79. The Morgan fingerprint density at radius 2 is 2.23 bits per heavy atom. The number of benzene rings is 1. The Labute approximate surface area is 132 Å². The van der Waals surface area contributed by atoms with Crippen LogP contribution >= 0.6 is 0 Å². The van der Waals surface area contributed by atoms with Crippen molar-refractivity contribution >= 4 is 0 Å². The molecule has 6 heteroatoms. The highest BCUT2D eigenvalue weighted by molar-refractivity contribution is 5.43. The molecule has 0 spiro atoms.